The van der Waals surface area contributed by atoms with Gasteiger partial charge in [-0.2, -0.15) is 5.10 Å². The Morgan fingerprint density at radius 2 is 2.37 bits per heavy atom. The molecule has 3 N–H and O–H groups in total. The maximum atomic E-state index is 11.5. The van der Waals surface area contributed by atoms with Gasteiger partial charge < -0.3 is 10.6 Å². The minimum atomic E-state index is -0.286. The fourth-order valence-corrected chi connectivity index (χ4v) is 1.95. The molecule has 0 amide bonds. The van der Waals surface area contributed by atoms with Gasteiger partial charge in [0.05, 0.1) is 4.99 Å². The average Bonchev–Trinajstić information content (AvgIpc) is 2.71. The summed E-state index contributed by atoms with van der Waals surface area (Å²) in [5.41, 5.74) is 5.87. The van der Waals surface area contributed by atoms with Gasteiger partial charge in [-0.15, -0.1) is 0 Å². The van der Waals surface area contributed by atoms with Crippen molar-refractivity contribution in [2.45, 2.75) is 13.8 Å². The number of aromatic amines is 1. The molecule has 19 heavy (non-hydrogen) atoms. The lowest BCUT2D eigenvalue weighted by Gasteiger charge is -2.22. The summed E-state index contributed by atoms with van der Waals surface area (Å²) in [4.78, 5) is 18.3. The third kappa shape index (κ3) is 2.58. The highest BCUT2D eigenvalue weighted by atomic mass is 32.1. The molecule has 102 valence electrons. The van der Waals surface area contributed by atoms with E-state index in [9.17, 15) is 4.79 Å². The summed E-state index contributed by atoms with van der Waals surface area (Å²) in [7, 11) is 1.90. The van der Waals surface area contributed by atoms with Crippen LogP contribution in [0.5, 0.6) is 0 Å². The number of nitrogens with zero attached hydrogens (tertiary/aromatic N) is 4. The minimum Gasteiger partial charge on any atom is -0.393 e. The van der Waals surface area contributed by atoms with Crippen LogP contribution in [0.25, 0.3) is 5.65 Å². The molecule has 2 aromatic rings. The minimum absolute atomic E-state index is 0.0831. The van der Waals surface area contributed by atoms with Crippen LogP contribution < -0.4 is 16.3 Å². The van der Waals surface area contributed by atoms with Crippen LogP contribution in [-0.4, -0.2) is 38.2 Å². The lowest BCUT2D eigenvalue weighted by Crippen LogP contribution is -2.32. The van der Waals surface area contributed by atoms with E-state index in [1.54, 1.807) is 13.0 Å². The molecule has 0 saturated carbocycles. The third-order valence-electron chi connectivity index (χ3n) is 2.98. The Labute approximate surface area is 115 Å². The summed E-state index contributed by atoms with van der Waals surface area (Å²) < 4.78 is 1.42. The number of anilines is 1. The number of nitrogens with two attached hydrogens (primary N) is 1. The first-order valence-electron chi connectivity index (χ1n) is 5.85. The van der Waals surface area contributed by atoms with Crippen molar-refractivity contribution in [1.29, 1.82) is 0 Å². The van der Waals surface area contributed by atoms with E-state index in [0.717, 1.165) is 5.82 Å². The summed E-state index contributed by atoms with van der Waals surface area (Å²) in [6, 6.07) is 1.75. The molecule has 8 heteroatoms. The second-order valence-corrected chi connectivity index (χ2v) is 5.04. The van der Waals surface area contributed by atoms with Gasteiger partial charge in [-0.25, -0.2) is 19.3 Å². The van der Waals surface area contributed by atoms with Crippen molar-refractivity contribution in [3.8, 4) is 0 Å². The van der Waals surface area contributed by atoms with Gasteiger partial charge in [-0.3, -0.25) is 0 Å². The number of nitrogens with one attached hydrogen (secondary N) is 1. The molecule has 7 nitrogen and oxygen atoms in total. The van der Waals surface area contributed by atoms with Crippen LogP contribution in [0, 0.1) is 12.8 Å². The van der Waals surface area contributed by atoms with Gasteiger partial charge in [0, 0.05) is 25.6 Å². The van der Waals surface area contributed by atoms with Crippen LogP contribution in [0.15, 0.2) is 10.9 Å². The van der Waals surface area contributed by atoms with Gasteiger partial charge >= 0.3 is 5.69 Å². The van der Waals surface area contributed by atoms with Crippen LogP contribution >= 0.6 is 12.2 Å². The number of H-pyrrole nitrogens is 1. The number of aromatic nitrogens is 4. The molecule has 1 unspecified atom stereocenters. The van der Waals surface area contributed by atoms with E-state index >= 15 is 0 Å². The predicted molar refractivity (Wildman–Crippen MR) is 77.6 cm³/mol. The zero-order valence-electron chi connectivity index (χ0n) is 11.0. The van der Waals surface area contributed by atoms with Gasteiger partial charge in [0.2, 0.25) is 0 Å². The Morgan fingerprint density at radius 3 is 3.00 bits per heavy atom. The number of aryl methyl sites for hydroxylation is 1. The Hall–Kier alpha value is -1.96. The van der Waals surface area contributed by atoms with Crippen molar-refractivity contribution < 1.29 is 0 Å². The molecule has 0 aliphatic rings. The third-order valence-corrected chi connectivity index (χ3v) is 3.38. The molecule has 0 saturated heterocycles. The number of hydrogen-bond acceptors (Lipinski definition) is 5. The van der Waals surface area contributed by atoms with Crippen LogP contribution in [0.2, 0.25) is 0 Å². The van der Waals surface area contributed by atoms with E-state index in [4.69, 9.17) is 18.0 Å². The first-order chi connectivity index (χ1) is 8.90. The molecular formula is C11H16N6OS. The van der Waals surface area contributed by atoms with Crippen LogP contribution in [0.3, 0.4) is 0 Å². The number of rotatable bonds is 4. The van der Waals surface area contributed by atoms with Crippen LogP contribution in [0.1, 0.15) is 12.7 Å². The maximum absolute atomic E-state index is 11.5. The van der Waals surface area contributed by atoms with E-state index in [1.165, 1.54) is 4.40 Å². The fourth-order valence-electron chi connectivity index (χ4n) is 1.87. The van der Waals surface area contributed by atoms with Gasteiger partial charge in [0.15, 0.2) is 5.65 Å². The Kier molecular flexibility index (Phi) is 3.52. The summed E-state index contributed by atoms with van der Waals surface area (Å²) in [6.07, 6.45) is 0. The van der Waals surface area contributed by atoms with Crippen molar-refractivity contribution in [2.24, 2.45) is 11.7 Å². The Morgan fingerprint density at radius 1 is 1.68 bits per heavy atom. The van der Waals surface area contributed by atoms with Gasteiger partial charge in [-0.05, 0) is 6.92 Å². The quantitative estimate of drug-likeness (QED) is 0.771. The second-order valence-electron chi connectivity index (χ2n) is 4.57. The number of thiocarbonyl (C=S) groups is 1. The van der Waals surface area contributed by atoms with Crippen molar-refractivity contribution in [3.63, 3.8) is 0 Å². The van der Waals surface area contributed by atoms with Gasteiger partial charge in [-0.1, -0.05) is 19.1 Å². The van der Waals surface area contributed by atoms with Crippen molar-refractivity contribution in [2.75, 3.05) is 18.5 Å². The SMILES string of the molecule is Cc1nc(N(C)CC(C)C(N)=S)cc2n[nH]c(=O)n12. The zero-order chi connectivity index (χ0) is 14.2. The maximum Gasteiger partial charge on any atom is 0.349 e. The Balaban J connectivity index is 2.35. The van der Waals surface area contributed by atoms with Crippen LogP contribution in [-0.2, 0) is 0 Å². The lowest BCUT2D eigenvalue weighted by atomic mass is 10.2. The highest BCUT2D eigenvalue weighted by Gasteiger charge is 2.13. The Bertz CT molecular complexity index is 675. The topological polar surface area (TPSA) is 92.3 Å². The van der Waals surface area contributed by atoms with Crippen molar-refractivity contribution in [3.05, 3.63) is 22.4 Å². The molecule has 0 aliphatic heterocycles. The monoisotopic (exact) mass is 280 g/mol. The normalized spacial score (nSPS) is 12.6. The lowest BCUT2D eigenvalue weighted by molar-refractivity contribution is 0.731. The van der Waals surface area contributed by atoms with Crippen LogP contribution in [0.4, 0.5) is 5.82 Å². The predicted octanol–water partition coefficient (Wildman–Crippen LogP) is 0.0844. The fraction of sp³-hybridized carbons (Fsp3) is 0.455. The molecule has 0 radical (unpaired) electrons. The first-order valence-corrected chi connectivity index (χ1v) is 6.26. The van der Waals surface area contributed by atoms with Gasteiger partial charge in [0.1, 0.15) is 11.6 Å². The van der Waals surface area contributed by atoms with Gasteiger partial charge in [0.25, 0.3) is 0 Å². The van der Waals surface area contributed by atoms with Crippen molar-refractivity contribution >= 4 is 28.7 Å². The second kappa shape index (κ2) is 4.96. The molecule has 0 spiro atoms. The molecule has 2 rings (SSSR count). The molecular weight excluding hydrogens is 264 g/mol. The standard InChI is InChI=1S/C11H16N6OS/c1-6(10(12)19)5-16(3)8-4-9-14-15-11(18)17(9)7(2)13-8/h4,6H,5H2,1-3H3,(H2,12,19)(H,15,18). The highest BCUT2D eigenvalue weighted by molar-refractivity contribution is 7.80. The zero-order valence-corrected chi connectivity index (χ0v) is 11.9. The van der Waals surface area contributed by atoms with E-state index < -0.39 is 0 Å². The van der Waals surface area contributed by atoms with Crippen molar-refractivity contribution in [1.82, 2.24) is 19.6 Å². The summed E-state index contributed by atoms with van der Waals surface area (Å²) in [6.45, 7) is 4.38. The number of fused-ring (bicyclic) bond motifs is 1. The van der Waals surface area contributed by atoms with E-state index in [0.29, 0.717) is 23.0 Å². The summed E-state index contributed by atoms with van der Waals surface area (Å²) in [5, 5.41) is 6.35. The smallest absolute Gasteiger partial charge is 0.349 e. The molecule has 0 aromatic carbocycles. The van der Waals surface area contributed by atoms with E-state index in [2.05, 4.69) is 15.2 Å². The molecule has 1 atom stereocenters. The molecule has 0 bridgehead atoms. The summed E-state index contributed by atoms with van der Waals surface area (Å²) in [5.74, 6) is 1.40. The average molecular weight is 280 g/mol. The molecule has 0 fully saturated rings. The highest BCUT2D eigenvalue weighted by Crippen LogP contribution is 2.13. The largest absolute Gasteiger partial charge is 0.393 e. The molecule has 0 aliphatic carbocycles. The van der Waals surface area contributed by atoms with E-state index in [-0.39, 0.29) is 11.6 Å². The van der Waals surface area contributed by atoms with E-state index in [1.807, 2.05) is 18.9 Å². The summed E-state index contributed by atoms with van der Waals surface area (Å²) >= 11 is 4.96. The number of hydrogen-bond donors (Lipinski definition) is 2. The first kappa shape index (κ1) is 13.5. The molecule has 2 heterocycles. The molecule has 2 aromatic heterocycles.